The molecule has 0 aliphatic rings. The van der Waals surface area contributed by atoms with E-state index in [4.69, 9.17) is 5.41 Å². The SMILES string of the molecule is CNc1cc(-c2cnn3cc(-c4ccc(=O)n(C)c4)ccc23)ccc1C=N. The Morgan fingerprint density at radius 3 is 2.52 bits per heavy atom. The van der Waals surface area contributed by atoms with Crippen LogP contribution in [0.25, 0.3) is 27.8 Å². The Balaban J connectivity index is 1.80. The van der Waals surface area contributed by atoms with E-state index in [-0.39, 0.29) is 5.56 Å². The zero-order valence-electron chi connectivity index (χ0n) is 15.1. The predicted octanol–water partition coefficient (Wildman–Crippen LogP) is 3.41. The first-order valence-corrected chi connectivity index (χ1v) is 8.58. The van der Waals surface area contributed by atoms with E-state index in [1.54, 1.807) is 17.7 Å². The summed E-state index contributed by atoms with van der Waals surface area (Å²) >= 11 is 0. The van der Waals surface area contributed by atoms with Crippen LogP contribution in [0.3, 0.4) is 0 Å². The average Bonchev–Trinajstić information content (AvgIpc) is 3.12. The Morgan fingerprint density at radius 1 is 1.04 bits per heavy atom. The minimum atomic E-state index is -0.0325. The second kappa shape index (κ2) is 6.57. The largest absolute Gasteiger partial charge is 0.388 e. The number of nitrogens with zero attached hydrogens (tertiary/aromatic N) is 3. The molecule has 0 unspecified atom stereocenters. The quantitative estimate of drug-likeness (QED) is 0.550. The van der Waals surface area contributed by atoms with Gasteiger partial charge in [-0.2, -0.15) is 5.10 Å². The summed E-state index contributed by atoms with van der Waals surface area (Å²) in [5.41, 5.74) is 6.72. The molecule has 4 rings (SSSR count). The van der Waals surface area contributed by atoms with Gasteiger partial charge in [0.1, 0.15) is 0 Å². The van der Waals surface area contributed by atoms with Crippen LogP contribution >= 0.6 is 0 Å². The fourth-order valence-electron chi connectivity index (χ4n) is 3.21. The molecule has 4 aromatic rings. The lowest BCUT2D eigenvalue weighted by atomic mass is 10.0. The third-order valence-corrected chi connectivity index (χ3v) is 4.72. The Hall–Kier alpha value is -3.67. The maximum Gasteiger partial charge on any atom is 0.250 e. The van der Waals surface area contributed by atoms with Crippen molar-refractivity contribution in [1.29, 1.82) is 5.41 Å². The third-order valence-electron chi connectivity index (χ3n) is 4.72. The molecular weight excluding hydrogens is 338 g/mol. The lowest BCUT2D eigenvalue weighted by Gasteiger charge is -2.08. The van der Waals surface area contributed by atoms with Crippen molar-refractivity contribution >= 4 is 17.4 Å². The summed E-state index contributed by atoms with van der Waals surface area (Å²) in [5, 5.41) is 15.1. The van der Waals surface area contributed by atoms with Gasteiger partial charge in [-0.05, 0) is 29.3 Å². The van der Waals surface area contributed by atoms with Gasteiger partial charge >= 0.3 is 0 Å². The highest BCUT2D eigenvalue weighted by molar-refractivity contribution is 5.90. The minimum Gasteiger partial charge on any atom is -0.388 e. The number of anilines is 1. The lowest BCUT2D eigenvalue weighted by Crippen LogP contribution is -2.13. The van der Waals surface area contributed by atoms with Gasteiger partial charge in [-0.1, -0.05) is 18.2 Å². The van der Waals surface area contributed by atoms with Crippen LogP contribution in [0.15, 0.2) is 65.8 Å². The van der Waals surface area contributed by atoms with Crippen molar-refractivity contribution in [1.82, 2.24) is 14.2 Å². The summed E-state index contributed by atoms with van der Waals surface area (Å²) in [6, 6.07) is 13.4. The molecule has 0 fully saturated rings. The molecule has 6 heteroatoms. The normalized spacial score (nSPS) is 10.9. The predicted molar refractivity (Wildman–Crippen MR) is 109 cm³/mol. The Morgan fingerprint density at radius 2 is 1.78 bits per heavy atom. The highest BCUT2D eigenvalue weighted by Crippen LogP contribution is 2.29. The van der Waals surface area contributed by atoms with Crippen LogP contribution in [-0.2, 0) is 7.05 Å². The molecule has 0 saturated carbocycles. The first kappa shape index (κ1) is 16.8. The van der Waals surface area contributed by atoms with Crippen LogP contribution in [-0.4, -0.2) is 27.4 Å². The van der Waals surface area contributed by atoms with Gasteiger partial charge in [0.2, 0.25) is 5.56 Å². The van der Waals surface area contributed by atoms with Crippen LogP contribution in [0.1, 0.15) is 5.56 Å². The molecule has 0 amide bonds. The van der Waals surface area contributed by atoms with Crippen LogP contribution in [0.4, 0.5) is 5.69 Å². The van der Waals surface area contributed by atoms with E-state index in [1.807, 2.05) is 66.6 Å². The van der Waals surface area contributed by atoms with E-state index in [9.17, 15) is 4.79 Å². The number of nitrogens with one attached hydrogen (secondary N) is 2. The molecule has 134 valence electrons. The van der Waals surface area contributed by atoms with Crippen molar-refractivity contribution in [3.8, 4) is 22.3 Å². The molecule has 1 aromatic carbocycles. The van der Waals surface area contributed by atoms with E-state index in [1.165, 1.54) is 6.21 Å². The number of pyridine rings is 2. The van der Waals surface area contributed by atoms with Gasteiger partial charge in [0.05, 0.1) is 11.7 Å². The molecule has 6 nitrogen and oxygen atoms in total. The van der Waals surface area contributed by atoms with Crippen molar-refractivity contribution in [3.63, 3.8) is 0 Å². The molecule has 2 N–H and O–H groups in total. The lowest BCUT2D eigenvalue weighted by molar-refractivity contribution is 0.861. The minimum absolute atomic E-state index is 0.0325. The van der Waals surface area contributed by atoms with E-state index in [2.05, 4.69) is 10.4 Å². The Labute approximate surface area is 156 Å². The molecule has 3 aromatic heterocycles. The zero-order valence-corrected chi connectivity index (χ0v) is 15.1. The standard InChI is InChI=1S/C21H19N5O/c1-23-19-9-14(3-4-15(19)10-22)18-11-24-26-13-17(5-7-20(18)26)16-6-8-21(27)25(2)12-16/h3-13,22-23H,1-2H3. The second-order valence-electron chi connectivity index (χ2n) is 6.37. The summed E-state index contributed by atoms with van der Waals surface area (Å²) in [4.78, 5) is 11.6. The summed E-state index contributed by atoms with van der Waals surface area (Å²) in [6.07, 6.45) is 6.97. The zero-order chi connectivity index (χ0) is 19.0. The van der Waals surface area contributed by atoms with Gasteiger partial charge in [0, 0.05) is 61.1 Å². The first-order chi connectivity index (χ1) is 13.1. The number of hydrogen-bond donors (Lipinski definition) is 2. The summed E-state index contributed by atoms with van der Waals surface area (Å²) in [7, 11) is 3.59. The van der Waals surface area contributed by atoms with Crippen molar-refractivity contribution in [3.05, 3.63) is 77.0 Å². The van der Waals surface area contributed by atoms with Crippen molar-refractivity contribution in [2.75, 3.05) is 12.4 Å². The Kier molecular flexibility index (Phi) is 4.08. The van der Waals surface area contributed by atoms with Gasteiger partial charge in [-0.3, -0.25) is 4.79 Å². The molecule has 0 aliphatic heterocycles. The van der Waals surface area contributed by atoms with Gasteiger partial charge in [0.25, 0.3) is 0 Å². The number of rotatable bonds is 4. The second-order valence-corrected chi connectivity index (χ2v) is 6.37. The van der Waals surface area contributed by atoms with Crippen LogP contribution < -0.4 is 10.9 Å². The maximum absolute atomic E-state index is 11.6. The number of hydrogen-bond acceptors (Lipinski definition) is 4. The number of fused-ring (bicyclic) bond motifs is 1. The van der Waals surface area contributed by atoms with Gasteiger partial charge in [0.15, 0.2) is 0 Å². The van der Waals surface area contributed by atoms with Gasteiger partial charge in [-0.15, -0.1) is 0 Å². The van der Waals surface area contributed by atoms with Crippen molar-refractivity contribution in [2.24, 2.45) is 7.05 Å². The summed E-state index contributed by atoms with van der Waals surface area (Å²) in [5.74, 6) is 0. The van der Waals surface area contributed by atoms with Gasteiger partial charge < -0.3 is 15.3 Å². The van der Waals surface area contributed by atoms with E-state index < -0.39 is 0 Å². The van der Waals surface area contributed by atoms with Crippen LogP contribution in [0.2, 0.25) is 0 Å². The number of benzene rings is 1. The number of aromatic nitrogens is 3. The molecule has 0 saturated heterocycles. The Bertz CT molecular complexity index is 1220. The van der Waals surface area contributed by atoms with E-state index >= 15 is 0 Å². The van der Waals surface area contributed by atoms with Crippen LogP contribution in [0.5, 0.6) is 0 Å². The molecule has 0 spiro atoms. The fourth-order valence-corrected chi connectivity index (χ4v) is 3.21. The van der Waals surface area contributed by atoms with Gasteiger partial charge in [-0.25, -0.2) is 4.52 Å². The van der Waals surface area contributed by atoms with E-state index in [0.717, 1.165) is 39.0 Å². The molecule has 0 aliphatic carbocycles. The molecular formula is C21H19N5O. The molecule has 0 bridgehead atoms. The maximum atomic E-state index is 11.6. The fraction of sp³-hybridized carbons (Fsp3) is 0.0952. The highest BCUT2D eigenvalue weighted by atomic mass is 16.1. The van der Waals surface area contributed by atoms with Crippen molar-refractivity contribution < 1.29 is 0 Å². The van der Waals surface area contributed by atoms with E-state index in [0.29, 0.717) is 0 Å². The molecule has 0 atom stereocenters. The highest BCUT2D eigenvalue weighted by Gasteiger charge is 2.10. The van der Waals surface area contributed by atoms with Crippen molar-refractivity contribution in [2.45, 2.75) is 0 Å². The summed E-state index contributed by atoms with van der Waals surface area (Å²) < 4.78 is 3.41. The first-order valence-electron chi connectivity index (χ1n) is 8.58. The third kappa shape index (κ3) is 2.91. The molecule has 3 heterocycles. The summed E-state index contributed by atoms with van der Waals surface area (Å²) in [6.45, 7) is 0. The van der Waals surface area contributed by atoms with Crippen LogP contribution in [0, 0.1) is 5.41 Å². The number of aryl methyl sites for hydroxylation is 1. The average molecular weight is 357 g/mol. The topological polar surface area (TPSA) is 75.2 Å². The smallest absolute Gasteiger partial charge is 0.250 e. The molecule has 27 heavy (non-hydrogen) atoms. The molecule has 0 radical (unpaired) electrons. The monoisotopic (exact) mass is 357 g/mol.